The van der Waals surface area contributed by atoms with Crippen LogP contribution in [0.15, 0.2) is 12.3 Å². The summed E-state index contributed by atoms with van der Waals surface area (Å²) in [6.07, 6.45) is 0. The fourth-order valence-electron chi connectivity index (χ4n) is 0.229. The zero-order valence-corrected chi connectivity index (χ0v) is 6.09. The fraction of sp³-hybridized carbons (Fsp3) is 0.333. The van der Waals surface area contributed by atoms with E-state index in [0.717, 1.165) is 0 Å². The van der Waals surface area contributed by atoms with E-state index in [-0.39, 0.29) is 12.5 Å². The smallest absolute Gasteiger partial charge is 0.329 e. The Morgan fingerprint density at radius 2 is 2.18 bits per heavy atom. The second-order valence-corrected chi connectivity index (χ2v) is 1.76. The molecule has 1 amide bonds. The molecule has 1 saturated heterocycles. The molecule has 62 valence electrons. The van der Waals surface area contributed by atoms with Crippen molar-refractivity contribution in [2.75, 3.05) is 13.7 Å². The summed E-state index contributed by atoms with van der Waals surface area (Å²) in [7, 11) is 1.34. The van der Waals surface area contributed by atoms with Crippen LogP contribution in [0, 0.1) is 0 Å². The Morgan fingerprint density at radius 3 is 2.18 bits per heavy atom. The van der Waals surface area contributed by atoms with Crippen LogP contribution in [-0.4, -0.2) is 30.7 Å². The average molecular weight is 159 g/mol. The van der Waals surface area contributed by atoms with Gasteiger partial charge in [-0.15, -0.1) is 0 Å². The van der Waals surface area contributed by atoms with Gasteiger partial charge in [-0.25, -0.2) is 4.79 Å². The number of methoxy groups -OCH3 is 1. The van der Waals surface area contributed by atoms with Crippen LogP contribution in [0.25, 0.3) is 0 Å². The molecule has 1 aliphatic rings. The van der Waals surface area contributed by atoms with Crippen LogP contribution in [0.1, 0.15) is 0 Å². The first kappa shape index (κ1) is 9.64. The van der Waals surface area contributed by atoms with Crippen LogP contribution in [-0.2, 0) is 14.3 Å². The molecule has 0 spiro atoms. The minimum absolute atomic E-state index is 0.0231. The second-order valence-electron chi connectivity index (χ2n) is 1.76. The molecule has 0 radical (unpaired) electrons. The SMILES string of the molecule is C=C1NC1=O.COCC(=O)O. The standard InChI is InChI=1S/C3H3NO.C3H6O3/c1-2-3(5)4-2;1-6-2-3(4)5/h1H2,(H,4,5);2H2,1H3,(H,4,5). The lowest BCUT2D eigenvalue weighted by Gasteiger charge is -1.83. The normalized spacial score (nSPS) is 12.8. The lowest BCUT2D eigenvalue weighted by atomic mass is 10.7. The maximum Gasteiger partial charge on any atom is 0.329 e. The first-order valence-corrected chi connectivity index (χ1v) is 2.79. The molecule has 5 nitrogen and oxygen atoms in total. The van der Waals surface area contributed by atoms with Crippen LogP contribution in [0.4, 0.5) is 0 Å². The molecule has 1 rings (SSSR count). The van der Waals surface area contributed by atoms with Crippen molar-refractivity contribution in [2.24, 2.45) is 0 Å². The van der Waals surface area contributed by atoms with Gasteiger partial charge in [0.2, 0.25) is 0 Å². The van der Waals surface area contributed by atoms with Crippen molar-refractivity contribution in [3.63, 3.8) is 0 Å². The number of rotatable bonds is 2. The van der Waals surface area contributed by atoms with E-state index in [1.807, 2.05) is 0 Å². The highest BCUT2D eigenvalue weighted by Gasteiger charge is 2.20. The van der Waals surface area contributed by atoms with Crippen LogP contribution < -0.4 is 5.32 Å². The summed E-state index contributed by atoms with van der Waals surface area (Å²) >= 11 is 0. The van der Waals surface area contributed by atoms with Crippen molar-refractivity contribution in [2.45, 2.75) is 0 Å². The van der Waals surface area contributed by atoms with Crippen molar-refractivity contribution in [1.82, 2.24) is 5.32 Å². The molecule has 1 heterocycles. The molecule has 0 aromatic heterocycles. The molecule has 0 atom stereocenters. The van der Waals surface area contributed by atoms with E-state index in [9.17, 15) is 9.59 Å². The van der Waals surface area contributed by atoms with Gasteiger partial charge in [0.1, 0.15) is 6.61 Å². The van der Waals surface area contributed by atoms with Gasteiger partial charge in [0.25, 0.3) is 5.91 Å². The highest BCUT2D eigenvalue weighted by Crippen LogP contribution is 1.96. The highest BCUT2D eigenvalue weighted by molar-refractivity contribution is 6.09. The maximum atomic E-state index is 9.68. The molecular weight excluding hydrogens is 150 g/mol. The topological polar surface area (TPSA) is 85.5 Å². The highest BCUT2D eigenvalue weighted by atomic mass is 16.5. The number of aliphatic carboxylic acids is 1. The minimum atomic E-state index is -0.933. The van der Waals surface area contributed by atoms with Gasteiger partial charge in [0.05, 0.1) is 5.70 Å². The fourth-order valence-corrected chi connectivity index (χ4v) is 0.229. The van der Waals surface area contributed by atoms with E-state index < -0.39 is 5.97 Å². The van der Waals surface area contributed by atoms with Crippen molar-refractivity contribution in [3.05, 3.63) is 12.3 Å². The summed E-state index contributed by atoms with van der Waals surface area (Å²) < 4.78 is 4.20. The van der Waals surface area contributed by atoms with Crippen LogP contribution in [0.5, 0.6) is 0 Å². The number of carboxylic acid groups (broad SMARTS) is 1. The van der Waals surface area contributed by atoms with E-state index in [0.29, 0.717) is 5.70 Å². The largest absolute Gasteiger partial charge is 0.480 e. The van der Waals surface area contributed by atoms with Gasteiger partial charge in [-0.3, -0.25) is 4.79 Å². The Labute approximate surface area is 63.7 Å². The molecule has 0 bridgehead atoms. The quantitative estimate of drug-likeness (QED) is 0.414. The molecule has 0 aromatic carbocycles. The van der Waals surface area contributed by atoms with Crippen molar-refractivity contribution < 1.29 is 19.4 Å². The number of nitrogens with one attached hydrogen (secondary N) is 1. The monoisotopic (exact) mass is 159 g/mol. The van der Waals surface area contributed by atoms with Crippen molar-refractivity contribution in [3.8, 4) is 0 Å². The van der Waals surface area contributed by atoms with Crippen molar-refractivity contribution in [1.29, 1.82) is 0 Å². The molecule has 0 aromatic rings. The first-order chi connectivity index (χ1) is 5.07. The Bertz CT molecular complexity index is 175. The summed E-state index contributed by atoms with van der Waals surface area (Å²) in [4.78, 5) is 19.2. The average Bonchev–Trinajstić information content (AvgIpc) is 2.46. The Hall–Kier alpha value is -1.36. The van der Waals surface area contributed by atoms with Gasteiger partial charge in [-0.1, -0.05) is 6.58 Å². The third kappa shape index (κ3) is 6.53. The number of ether oxygens (including phenoxy) is 1. The van der Waals surface area contributed by atoms with Crippen LogP contribution in [0.3, 0.4) is 0 Å². The lowest BCUT2D eigenvalue weighted by Crippen LogP contribution is -2.02. The Balaban J connectivity index is 0.000000183. The summed E-state index contributed by atoms with van der Waals surface area (Å²) in [5, 5.41) is 10.1. The maximum absolute atomic E-state index is 9.68. The molecule has 0 aliphatic carbocycles. The van der Waals surface area contributed by atoms with Gasteiger partial charge in [-0.2, -0.15) is 0 Å². The molecule has 11 heavy (non-hydrogen) atoms. The zero-order valence-electron chi connectivity index (χ0n) is 6.09. The summed E-state index contributed by atoms with van der Waals surface area (Å²) in [5.41, 5.74) is 0.532. The third-order valence-corrected chi connectivity index (χ3v) is 0.744. The number of carbonyl (C=O) groups excluding carboxylic acids is 1. The number of amides is 1. The first-order valence-electron chi connectivity index (χ1n) is 2.79. The van der Waals surface area contributed by atoms with E-state index in [1.54, 1.807) is 0 Å². The molecular formula is C6H9NO4. The van der Waals surface area contributed by atoms with E-state index >= 15 is 0 Å². The number of carboxylic acids is 1. The summed E-state index contributed by atoms with van der Waals surface area (Å²) in [5.74, 6) is -0.956. The molecule has 2 N–H and O–H groups in total. The van der Waals surface area contributed by atoms with Gasteiger partial charge >= 0.3 is 5.97 Å². The summed E-state index contributed by atoms with van der Waals surface area (Å²) in [6.45, 7) is 3.08. The van der Waals surface area contributed by atoms with E-state index in [4.69, 9.17) is 5.11 Å². The van der Waals surface area contributed by atoms with E-state index in [1.165, 1.54) is 7.11 Å². The number of hydrogen-bond acceptors (Lipinski definition) is 3. The van der Waals surface area contributed by atoms with Crippen LogP contribution in [0.2, 0.25) is 0 Å². The predicted molar refractivity (Wildman–Crippen MR) is 36.8 cm³/mol. The van der Waals surface area contributed by atoms with E-state index in [2.05, 4.69) is 16.6 Å². The minimum Gasteiger partial charge on any atom is -0.480 e. The van der Waals surface area contributed by atoms with Crippen LogP contribution >= 0.6 is 0 Å². The Kier molecular flexibility index (Phi) is 3.90. The predicted octanol–water partition coefficient (Wildman–Crippen LogP) is -0.653. The molecule has 1 aliphatic heterocycles. The van der Waals surface area contributed by atoms with Gasteiger partial charge in [-0.05, 0) is 0 Å². The second kappa shape index (κ2) is 4.45. The number of carbonyl (C=O) groups is 2. The molecule has 1 fully saturated rings. The Morgan fingerprint density at radius 1 is 1.82 bits per heavy atom. The van der Waals surface area contributed by atoms with Gasteiger partial charge in [0.15, 0.2) is 0 Å². The molecule has 5 heteroatoms. The third-order valence-electron chi connectivity index (χ3n) is 0.744. The van der Waals surface area contributed by atoms with Gasteiger partial charge in [0, 0.05) is 7.11 Å². The summed E-state index contributed by atoms with van der Waals surface area (Å²) in [6, 6.07) is 0. The van der Waals surface area contributed by atoms with Crippen molar-refractivity contribution >= 4 is 11.9 Å². The zero-order chi connectivity index (χ0) is 8.85. The molecule has 0 saturated carbocycles. The van der Waals surface area contributed by atoms with Gasteiger partial charge < -0.3 is 15.2 Å². The molecule has 0 unspecified atom stereocenters. The lowest BCUT2D eigenvalue weighted by molar-refractivity contribution is -0.141. The number of hydrogen-bond donors (Lipinski definition) is 2.